The number of aryl methyl sites for hydroxylation is 1. The molecular formula is C14H19F2NO. The van der Waals surface area contributed by atoms with E-state index in [-0.39, 0.29) is 11.2 Å². The average molecular weight is 255 g/mol. The SMILES string of the molecule is Cc1ccc([C@@H]2[C@@H](CN)C2(C)C)cc1OC(F)F. The van der Waals surface area contributed by atoms with Crippen molar-refractivity contribution in [3.8, 4) is 5.75 Å². The molecule has 0 amide bonds. The molecule has 0 radical (unpaired) electrons. The van der Waals surface area contributed by atoms with Gasteiger partial charge >= 0.3 is 6.61 Å². The van der Waals surface area contributed by atoms with Crippen LogP contribution in [0.25, 0.3) is 0 Å². The zero-order valence-corrected chi connectivity index (χ0v) is 10.9. The Balaban J connectivity index is 2.26. The maximum Gasteiger partial charge on any atom is 0.387 e. The number of halogens is 2. The van der Waals surface area contributed by atoms with Gasteiger partial charge < -0.3 is 10.5 Å². The first-order valence-electron chi connectivity index (χ1n) is 6.13. The molecule has 0 aliphatic heterocycles. The molecule has 1 aromatic carbocycles. The molecule has 0 bridgehead atoms. The summed E-state index contributed by atoms with van der Waals surface area (Å²) in [6.45, 7) is 3.92. The fourth-order valence-corrected chi connectivity index (χ4v) is 2.88. The van der Waals surface area contributed by atoms with Crippen LogP contribution in [0, 0.1) is 18.3 Å². The lowest BCUT2D eigenvalue weighted by molar-refractivity contribution is -0.0503. The molecule has 0 unspecified atom stereocenters. The van der Waals surface area contributed by atoms with Gasteiger partial charge in [0, 0.05) is 0 Å². The molecule has 2 N–H and O–H groups in total. The summed E-state index contributed by atoms with van der Waals surface area (Å²) in [6, 6.07) is 5.54. The Labute approximate surface area is 106 Å². The van der Waals surface area contributed by atoms with Gasteiger partial charge in [0.1, 0.15) is 5.75 Å². The van der Waals surface area contributed by atoms with Gasteiger partial charge in [-0.3, -0.25) is 0 Å². The minimum absolute atomic E-state index is 0.145. The summed E-state index contributed by atoms with van der Waals surface area (Å²) in [5, 5.41) is 0. The van der Waals surface area contributed by atoms with Gasteiger partial charge in [0.05, 0.1) is 0 Å². The number of hydrogen-bond acceptors (Lipinski definition) is 2. The lowest BCUT2D eigenvalue weighted by Crippen LogP contribution is -2.05. The Hall–Kier alpha value is -1.16. The third-order valence-electron chi connectivity index (χ3n) is 4.09. The average Bonchev–Trinajstić information content (AvgIpc) is 2.83. The normalized spacial score (nSPS) is 25.3. The summed E-state index contributed by atoms with van der Waals surface area (Å²) >= 11 is 0. The van der Waals surface area contributed by atoms with E-state index in [2.05, 4.69) is 18.6 Å². The van der Waals surface area contributed by atoms with Crippen molar-refractivity contribution >= 4 is 0 Å². The molecule has 18 heavy (non-hydrogen) atoms. The Morgan fingerprint density at radius 2 is 2.06 bits per heavy atom. The lowest BCUT2D eigenvalue weighted by atomic mass is 10.0. The molecule has 1 aliphatic carbocycles. The fraction of sp³-hybridized carbons (Fsp3) is 0.571. The van der Waals surface area contributed by atoms with Crippen molar-refractivity contribution in [2.24, 2.45) is 17.1 Å². The van der Waals surface area contributed by atoms with Crippen LogP contribution >= 0.6 is 0 Å². The molecule has 2 nitrogen and oxygen atoms in total. The first-order valence-corrected chi connectivity index (χ1v) is 6.13. The minimum atomic E-state index is -2.78. The number of rotatable bonds is 4. The van der Waals surface area contributed by atoms with Crippen molar-refractivity contribution in [2.75, 3.05) is 6.54 Å². The highest BCUT2D eigenvalue weighted by atomic mass is 19.3. The Bertz CT molecular complexity index is 445. The molecule has 1 fully saturated rings. The summed E-state index contributed by atoms with van der Waals surface area (Å²) in [6.07, 6.45) is 0. The Kier molecular flexibility index (Phi) is 3.32. The topological polar surface area (TPSA) is 35.2 Å². The van der Waals surface area contributed by atoms with E-state index in [0.29, 0.717) is 18.4 Å². The summed E-state index contributed by atoms with van der Waals surface area (Å²) in [7, 11) is 0. The molecule has 4 heteroatoms. The molecule has 0 spiro atoms. The van der Waals surface area contributed by atoms with E-state index in [0.717, 1.165) is 11.1 Å². The molecule has 0 aromatic heterocycles. The molecule has 2 atom stereocenters. The van der Waals surface area contributed by atoms with Gasteiger partial charge in [-0.25, -0.2) is 0 Å². The number of hydrogen-bond donors (Lipinski definition) is 1. The van der Waals surface area contributed by atoms with Gasteiger partial charge in [0.25, 0.3) is 0 Å². The van der Waals surface area contributed by atoms with Crippen LogP contribution in [0.2, 0.25) is 0 Å². The van der Waals surface area contributed by atoms with E-state index in [9.17, 15) is 8.78 Å². The van der Waals surface area contributed by atoms with Gasteiger partial charge in [-0.05, 0) is 47.9 Å². The summed E-state index contributed by atoms with van der Waals surface area (Å²) in [5.74, 6) is 1.02. The van der Waals surface area contributed by atoms with Crippen LogP contribution in [0.4, 0.5) is 8.78 Å². The first-order chi connectivity index (χ1) is 8.37. The van der Waals surface area contributed by atoms with Gasteiger partial charge in [-0.15, -0.1) is 0 Å². The van der Waals surface area contributed by atoms with E-state index in [1.807, 2.05) is 12.1 Å². The Morgan fingerprint density at radius 3 is 2.56 bits per heavy atom. The van der Waals surface area contributed by atoms with Crippen molar-refractivity contribution in [1.82, 2.24) is 0 Å². The van der Waals surface area contributed by atoms with E-state index in [4.69, 9.17) is 5.73 Å². The molecule has 1 aliphatic rings. The third-order valence-corrected chi connectivity index (χ3v) is 4.09. The highest BCUT2D eigenvalue weighted by Crippen LogP contribution is 2.64. The monoisotopic (exact) mass is 255 g/mol. The number of ether oxygens (including phenoxy) is 1. The Morgan fingerprint density at radius 1 is 1.39 bits per heavy atom. The van der Waals surface area contributed by atoms with Crippen molar-refractivity contribution < 1.29 is 13.5 Å². The number of alkyl halides is 2. The second kappa shape index (κ2) is 4.50. The zero-order valence-electron chi connectivity index (χ0n) is 10.9. The predicted octanol–water partition coefficient (Wildman–Crippen LogP) is 3.29. The van der Waals surface area contributed by atoms with Crippen LogP contribution in [0.3, 0.4) is 0 Å². The molecule has 1 aromatic rings. The molecule has 0 saturated heterocycles. The standard InChI is InChI=1S/C14H19F2NO/c1-8-4-5-9(6-11(8)18-13(15)16)12-10(7-17)14(12,2)3/h4-6,10,12-13H,7,17H2,1-3H3/t10-,12-/m1/s1. The number of benzene rings is 1. The van der Waals surface area contributed by atoms with Crippen LogP contribution in [0.5, 0.6) is 5.75 Å². The molecule has 2 rings (SSSR count). The van der Waals surface area contributed by atoms with E-state index < -0.39 is 6.61 Å². The molecular weight excluding hydrogens is 236 g/mol. The highest BCUT2D eigenvalue weighted by Gasteiger charge is 2.57. The van der Waals surface area contributed by atoms with Crippen molar-refractivity contribution in [2.45, 2.75) is 33.3 Å². The summed E-state index contributed by atoms with van der Waals surface area (Å²) < 4.78 is 29.1. The van der Waals surface area contributed by atoms with Gasteiger partial charge in [0.2, 0.25) is 0 Å². The van der Waals surface area contributed by atoms with Crippen LogP contribution in [-0.2, 0) is 0 Å². The van der Waals surface area contributed by atoms with E-state index in [1.54, 1.807) is 13.0 Å². The van der Waals surface area contributed by atoms with E-state index in [1.165, 1.54) is 0 Å². The highest BCUT2D eigenvalue weighted by molar-refractivity contribution is 5.42. The maximum absolute atomic E-state index is 12.3. The fourth-order valence-electron chi connectivity index (χ4n) is 2.88. The van der Waals surface area contributed by atoms with Crippen molar-refractivity contribution in [3.63, 3.8) is 0 Å². The van der Waals surface area contributed by atoms with Crippen molar-refractivity contribution in [3.05, 3.63) is 29.3 Å². The van der Waals surface area contributed by atoms with Crippen LogP contribution in [0.15, 0.2) is 18.2 Å². The summed E-state index contributed by atoms with van der Waals surface area (Å²) in [5.41, 5.74) is 7.64. The quantitative estimate of drug-likeness (QED) is 0.896. The van der Waals surface area contributed by atoms with Gasteiger partial charge in [-0.2, -0.15) is 8.78 Å². The van der Waals surface area contributed by atoms with E-state index >= 15 is 0 Å². The second-order valence-corrected chi connectivity index (χ2v) is 5.54. The number of nitrogens with two attached hydrogens (primary N) is 1. The van der Waals surface area contributed by atoms with Crippen LogP contribution < -0.4 is 10.5 Å². The van der Waals surface area contributed by atoms with Crippen LogP contribution in [0.1, 0.15) is 30.9 Å². The predicted molar refractivity (Wildman–Crippen MR) is 66.9 cm³/mol. The zero-order chi connectivity index (χ0) is 13.5. The summed E-state index contributed by atoms with van der Waals surface area (Å²) in [4.78, 5) is 0. The largest absolute Gasteiger partial charge is 0.435 e. The maximum atomic E-state index is 12.3. The van der Waals surface area contributed by atoms with Crippen LogP contribution in [-0.4, -0.2) is 13.2 Å². The van der Waals surface area contributed by atoms with Gasteiger partial charge in [-0.1, -0.05) is 26.0 Å². The molecule has 100 valence electrons. The lowest BCUT2D eigenvalue weighted by Gasteiger charge is -2.10. The molecule has 1 saturated carbocycles. The first kappa shape index (κ1) is 13.3. The van der Waals surface area contributed by atoms with Gasteiger partial charge in [0.15, 0.2) is 0 Å². The van der Waals surface area contributed by atoms with Crippen molar-refractivity contribution in [1.29, 1.82) is 0 Å². The minimum Gasteiger partial charge on any atom is -0.435 e. The smallest absolute Gasteiger partial charge is 0.387 e. The molecule has 0 heterocycles. The third kappa shape index (κ3) is 2.21. The second-order valence-electron chi connectivity index (χ2n) is 5.54.